The van der Waals surface area contributed by atoms with E-state index in [-0.39, 0.29) is 18.6 Å². The molecule has 0 saturated carbocycles. The summed E-state index contributed by atoms with van der Waals surface area (Å²) < 4.78 is 0. The lowest BCUT2D eigenvalue weighted by atomic mass is 10.1. The number of anilines is 2. The van der Waals surface area contributed by atoms with Crippen LogP contribution in [-0.2, 0) is 0 Å². The minimum absolute atomic E-state index is 0.0415. The van der Waals surface area contributed by atoms with Crippen LogP contribution < -0.4 is 11.1 Å². The first-order chi connectivity index (χ1) is 9.15. The molecule has 19 heavy (non-hydrogen) atoms. The van der Waals surface area contributed by atoms with Crippen LogP contribution in [0.15, 0.2) is 18.2 Å². The molecule has 0 aliphatic rings. The van der Waals surface area contributed by atoms with E-state index in [0.717, 1.165) is 18.2 Å². The monoisotopic (exact) mass is 280 g/mol. The Labute approximate surface area is 116 Å². The number of benzene rings is 1. The molecule has 1 heterocycles. The smallest absolute Gasteiger partial charge is 0.222 e. The maximum atomic E-state index is 9.35. The zero-order valence-corrected chi connectivity index (χ0v) is 11.5. The van der Waals surface area contributed by atoms with E-state index in [1.54, 1.807) is 6.07 Å². The van der Waals surface area contributed by atoms with Gasteiger partial charge in [0.25, 0.3) is 0 Å². The largest absolute Gasteiger partial charge is 0.394 e. The first-order valence-electron chi connectivity index (χ1n) is 6.24. The highest BCUT2D eigenvalue weighted by Crippen LogP contribution is 2.27. The Kier molecular flexibility index (Phi) is 4.39. The number of para-hydroxylation sites is 1. The van der Waals surface area contributed by atoms with E-state index in [1.165, 1.54) is 0 Å². The lowest BCUT2D eigenvalue weighted by Gasteiger charge is -2.17. The first kappa shape index (κ1) is 13.8. The number of hydrogen-bond acceptors (Lipinski definition) is 5. The molecule has 4 N–H and O–H groups in total. The second-order valence-electron chi connectivity index (χ2n) is 4.38. The van der Waals surface area contributed by atoms with Crippen LogP contribution in [0.25, 0.3) is 10.9 Å². The van der Waals surface area contributed by atoms with Crippen LogP contribution in [0.2, 0.25) is 5.02 Å². The van der Waals surface area contributed by atoms with Crippen LogP contribution in [0.3, 0.4) is 0 Å². The number of nitrogens with zero attached hydrogens (tertiary/aromatic N) is 2. The molecule has 0 aliphatic carbocycles. The van der Waals surface area contributed by atoms with E-state index >= 15 is 0 Å². The van der Waals surface area contributed by atoms with E-state index in [4.69, 9.17) is 17.3 Å². The Morgan fingerprint density at radius 3 is 2.89 bits per heavy atom. The van der Waals surface area contributed by atoms with Crippen molar-refractivity contribution in [1.82, 2.24) is 9.97 Å². The van der Waals surface area contributed by atoms with Gasteiger partial charge < -0.3 is 16.2 Å². The fourth-order valence-electron chi connectivity index (χ4n) is 2.00. The lowest BCUT2D eigenvalue weighted by Crippen LogP contribution is -2.24. The second-order valence-corrected chi connectivity index (χ2v) is 4.79. The van der Waals surface area contributed by atoms with Gasteiger partial charge in [-0.15, -0.1) is 0 Å². The van der Waals surface area contributed by atoms with Crippen molar-refractivity contribution in [3.05, 3.63) is 23.2 Å². The Balaban J connectivity index is 2.44. The zero-order valence-electron chi connectivity index (χ0n) is 10.7. The van der Waals surface area contributed by atoms with Crippen molar-refractivity contribution in [2.75, 3.05) is 17.7 Å². The third-order valence-electron chi connectivity index (χ3n) is 2.89. The quantitative estimate of drug-likeness (QED) is 0.783. The number of nitrogen functional groups attached to an aromatic ring is 1. The fourth-order valence-corrected chi connectivity index (χ4v) is 2.21. The summed E-state index contributed by atoms with van der Waals surface area (Å²) in [6, 6.07) is 5.42. The van der Waals surface area contributed by atoms with E-state index in [9.17, 15) is 5.11 Å². The van der Waals surface area contributed by atoms with Crippen molar-refractivity contribution in [2.45, 2.75) is 25.8 Å². The number of halogens is 1. The van der Waals surface area contributed by atoms with Crippen LogP contribution in [0, 0.1) is 0 Å². The summed E-state index contributed by atoms with van der Waals surface area (Å²) in [5, 5.41) is 13.9. The van der Waals surface area contributed by atoms with Gasteiger partial charge in [0.2, 0.25) is 5.95 Å². The summed E-state index contributed by atoms with van der Waals surface area (Å²) in [7, 11) is 0. The molecule has 1 atom stereocenters. The standard InChI is InChI=1S/C13H17ClN4O/c1-2-4-8(7-19)16-12-9-5-3-6-10(14)11(9)17-13(15)18-12/h3,5-6,8,19H,2,4,7H2,1H3,(H3,15,16,17,18). The summed E-state index contributed by atoms with van der Waals surface area (Å²) in [6.07, 6.45) is 1.82. The van der Waals surface area contributed by atoms with Crippen LogP contribution in [0.1, 0.15) is 19.8 Å². The summed E-state index contributed by atoms with van der Waals surface area (Å²) in [5.41, 5.74) is 6.32. The number of hydrogen-bond donors (Lipinski definition) is 3. The van der Waals surface area contributed by atoms with Crippen molar-refractivity contribution in [1.29, 1.82) is 0 Å². The van der Waals surface area contributed by atoms with Crippen LogP contribution in [-0.4, -0.2) is 27.7 Å². The van der Waals surface area contributed by atoms with Gasteiger partial charge in [0, 0.05) is 5.39 Å². The molecule has 0 aliphatic heterocycles. The molecule has 1 aromatic heterocycles. The summed E-state index contributed by atoms with van der Waals surface area (Å²) >= 11 is 6.11. The number of aliphatic hydroxyl groups excluding tert-OH is 1. The van der Waals surface area contributed by atoms with Gasteiger partial charge in [-0.3, -0.25) is 0 Å². The normalized spacial score (nSPS) is 12.6. The van der Waals surface area contributed by atoms with E-state index < -0.39 is 0 Å². The zero-order chi connectivity index (χ0) is 13.8. The number of aromatic nitrogens is 2. The number of nitrogens with two attached hydrogens (primary N) is 1. The topological polar surface area (TPSA) is 84.1 Å². The molecule has 6 heteroatoms. The number of nitrogens with one attached hydrogen (secondary N) is 1. The SMILES string of the molecule is CCCC(CO)Nc1nc(N)nc2c(Cl)cccc12. The number of aliphatic hydroxyl groups is 1. The Bertz CT molecular complexity index is 576. The molecule has 2 aromatic rings. The number of fused-ring (bicyclic) bond motifs is 1. The molecule has 0 spiro atoms. The molecule has 1 unspecified atom stereocenters. The van der Waals surface area contributed by atoms with Crippen molar-refractivity contribution in [2.24, 2.45) is 0 Å². The highest BCUT2D eigenvalue weighted by atomic mass is 35.5. The van der Waals surface area contributed by atoms with Gasteiger partial charge in [-0.2, -0.15) is 4.98 Å². The van der Waals surface area contributed by atoms with Crippen molar-refractivity contribution < 1.29 is 5.11 Å². The highest BCUT2D eigenvalue weighted by Gasteiger charge is 2.12. The van der Waals surface area contributed by atoms with Gasteiger partial charge in [-0.25, -0.2) is 4.98 Å². The predicted molar refractivity (Wildman–Crippen MR) is 78.4 cm³/mol. The fraction of sp³-hybridized carbons (Fsp3) is 0.385. The molecule has 1 aromatic carbocycles. The average molecular weight is 281 g/mol. The van der Waals surface area contributed by atoms with Crippen LogP contribution >= 0.6 is 11.6 Å². The van der Waals surface area contributed by atoms with Gasteiger partial charge in [0.05, 0.1) is 23.2 Å². The van der Waals surface area contributed by atoms with Crippen molar-refractivity contribution in [3.63, 3.8) is 0 Å². The highest BCUT2D eigenvalue weighted by molar-refractivity contribution is 6.35. The van der Waals surface area contributed by atoms with Gasteiger partial charge in [-0.05, 0) is 18.6 Å². The Hall–Kier alpha value is -1.59. The van der Waals surface area contributed by atoms with Crippen molar-refractivity contribution >= 4 is 34.3 Å². The molecule has 0 saturated heterocycles. The molecule has 0 amide bonds. The maximum absolute atomic E-state index is 9.35. The van der Waals surface area contributed by atoms with Gasteiger partial charge in [0.1, 0.15) is 5.82 Å². The molecule has 102 valence electrons. The predicted octanol–water partition coefficient (Wildman–Crippen LogP) is 2.44. The van der Waals surface area contributed by atoms with Gasteiger partial charge >= 0.3 is 0 Å². The molecule has 0 fully saturated rings. The van der Waals surface area contributed by atoms with Gasteiger partial charge in [0.15, 0.2) is 0 Å². The number of rotatable bonds is 5. The van der Waals surface area contributed by atoms with Crippen LogP contribution in [0.5, 0.6) is 0 Å². The summed E-state index contributed by atoms with van der Waals surface area (Å²) in [4.78, 5) is 8.35. The second kappa shape index (κ2) is 6.04. The minimum atomic E-state index is -0.0542. The van der Waals surface area contributed by atoms with Gasteiger partial charge in [-0.1, -0.05) is 31.0 Å². The molecule has 0 bridgehead atoms. The molecular formula is C13H17ClN4O. The molecule has 2 rings (SSSR count). The lowest BCUT2D eigenvalue weighted by molar-refractivity contribution is 0.268. The summed E-state index contributed by atoms with van der Waals surface area (Å²) in [5.74, 6) is 0.772. The Morgan fingerprint density at radius 2 is 2.21 bits per heavy atom. The minimum Gasteiger partial charge on any atom is -0.394 e. The third kappa shape index (κ3) is 3.05. The molecular weight excluding hydrogens is 264 g/mol. The van der Waals surface area contributed by atoms with E-state index in [0.29, 0.717) is 16.4 Å². The van der Waals surface area contributed by atoms with Crippen molar-refractivity contribution in [3.8, 4) is 0 Å². The Morgan fingerprint density at radius 1 is 1.42 bits per heavy atom. The van der Waals surface area contributed by atoms with E-state index in [2.05, 4.69) is 22.2 Å². The van der Waals surface area contributed by atoms with E-state index in [1.807, 2.05) is 12.1 Å². The third-order valence-corrected chi connectivity index (χ3v) is 3.20. The summed E-state index contributed by atoms with van der Waals surface area (Å²) in [6.45, 7) is 2.10. The average Bonchev–Trinajstić information content (AvgIpc) is 2.39. The molecule has 0 radical (unpaired) electrons. The first-order valence-corrected chi connectivity index (χ1v) is 6.62. The maximum Gasteiger partial charge on any atom is 0.222 e. The van der Waals surface area contributed by atoms with Crippen LogP contribution in [0.4, 0.5) is 11.8 Å². The molecule has 5 nitrogen and oxygen atoms in total.